The third kappa shape index (κ3) is 4.42. The number of nitrogens with zero attached hydrogens (tertiary/aromatic N) is 1. The van der Waals surface area contributed by atoms with Crippen LogP contribution in [0.15, 0.2) is 0 Å². The van der Waals surface area contributed by atoms with E-state index in [-0.39, 0.29) is 0 Å². The van der Waals surface area contributed by atoms with E-state index in [9.17, 15) is 0 Å². The molecule has 0 bridgehead atoms. The second-order valence-corrected chi connectivity index (χ2v) is 5.14. The van der Waals surface area contributed by atoms with Gasteiger partial charge in [-0.2, -0.15) is 0 Å². The summed E-state index contributed by atoms with van der Waals surface area (Å²) in [6, 6.07) is 0.797. The van der Waals surface area contributed by atoms with Crippen molar-refractivity contribution in [3.63, 3.8) is 0 Å². The first kappa shape index (κ1) is 14.0. The molecule has 2 nitrogen and oxygen atoms in total. The molecule has 1 saturated carbocycles. The van der Waals surface area contributed by atoms with Crippen molar-refractivity contribution < 1.29 is 0 Å². The lowest BCUT2D eigenvalue weighted by Crippen LogP contribution is -2.40. The monoisotopic (exact) mass is 226 g/mol. The van der Waals surface area contributed by atoms with Gasteiger partial charge in [-0.15, -0.1) is 0 Å². The van der Waals surface area contributed by atoms with Crippen LogP contribution in [0.3, 0.4) is 0 Å². The summed E-state index contributed by atoms with van der Waals surface area (Å²) in [6.45, 7) is 11.8. The first-order chi connectivity index (χ1) is 7.81. The molecule has 1 aliphatic rings. The van der Waals surface area contributed by atoms with E-state index in [1.54, 1.807) is 0 Å². The zero-order valence-corrected chi connectivity index (χ0v) is 11.5. The molecule has 0 aromatic rings. The van der Waals surface area contributed by atoms with E-state index in [1.807, 2.05) is 0 Å². The summed E-state index contributed by atoms with van der Waals surface area (Å²) in [5.74, 6) is 0.901. The molecule has 1 fully saturated rings. The molecular weight excluding hydrogens is 196 g/mol. The van der Waals surface area contributed by atoms with Crippen LogP contribution in [-0.4, -0.2) is 37.1 Å². The highest BCUT2D eigenvalue weighted by molar-refractivity contribution is 4.84. The predicted octanol–water partition coefficient (Wildman–Crippen LogP) is 2.89. The fourth-order valence-electron chi connectivity index (χ4n) is 2.88. The van der Waals surface area contributed by atoms with Gasteiger partial charge in [0.1, 0.15) is 0 Å². The molecule has 16 heavy (non-hydrogen) atoms. The van der Waals surface area contributed by atoms with Gasteiger partial charge in [0, 0.05) is 12.6 Å². The molecule has 0 heterocycles. The van der Waals surface area contributed by atoms with Crippen molar-refractivity contribution in [2.75, 3.05) is 26.2 Å². The number of hydrogen-bond donors (Lipinski definition) is 1. The predicted molar refractivity (Wildman–Crippen MR) is 71.8 cm³/mol. The van der Waals surface area contributed by atoms with Gasteiger partial charge in [-0.1, -0.05) is 27.2 Å². The fourth-order valence-corrected chi connectivity index (χ4v) is 2.88. The summed E-state index contributed by atoms with van der Waals surface area (Å²) in [6.07, 6.45) is 6.80. The van der Waals surface area contributed by atoms with Gasteiger partial charge in [-0.05, 0) is 51.2 Å². The molecular formula is C14H30N2. The van der Waals surface area contributed by atoms with Crippen molar-refractivity contribution in [1.82, 2.24) is 10.2 Å². The summed E-state index contributed by atoms with van der Waals surface area (Å²) >= 11 is 0. The van der Waals surface area contributed by atoms with E-state index < -0.39 is 0 Å². The van der Waals surface area contributed by atoms with Crippen molar-refractivity contribution in [3.05, 3.63) is 0 Å². The van der Waals surface area contributed by atoms with E-state index in [0.717, 1.165) is 12.0 Å². The minimum Gasteiger partial charge on any atom is -0.314 e. The van der Waals surface area contributed by atoms with Gasteiger partial charge in [0.05, 0.1) is 0 Å². The van der Waals surface area contributed by atoms with Gasteiger partial charge in [0.2, 0.25) is 0 Å². The Morgan fingerprint density at radius 3 is 2.56 bits per heavy atom. The molecule has 0 radical (unpaired) electrons. The normalized spacial score (nSPS) is 25.5. The van der Waals surface area contributed by atoms with Crippen LogP contribution < -0.4 is 5.32 Å². The minimum absolute atomic E-state index is 0.797. The van der Waals surface area contributed by atoms with Crippen LogP contribution >= 0.6 is 0 Å². The molecule has 0 aliphatic heterocycles. The lowest BCUT2D eigenvalue weighted by Gasteiger charge is -2.28. The molecule has 0 amide bonds. The van der Waals surface area contributed by atoms with E-state index in [0.29, 0.717) is 0 Å². The topological polar surface area (TPSA) is 15.3 Å². The number of nitrogens with one attached hydrogen (secondary N) is 1. The maximum atomic E-state index is 3.73. The lowest BCUT2D eigenvalue weighted by atomic mass is 10.0. The van der Waals surface area contributed by atoms with E-state index in [1.165, 1.54) is 58.3 Å². The molecule has 0 aromatic heterocycles. The Morgan fingerprint density at radius 1 is 1.12 bits per heavy atom. The fraction of sp³-hybridized carbons (Fsp3) is 1.00. The molecule has 0 spiro atoms. The molecule has 0 aromatic carbocycles. The standard InChI is InChI=1S/C14H30N2/c1-4-10-15-14-9-7-8-13(14)12-16(6-3)11-5-2/h13-15H,4-12H2,1-3H3. The summed E-state index contributed by atoms with van der Waals surface area (Å²) < 4.78 is 0. The molecule has 1 aliphatic carbocycles. The third-order valence-electron chi connectivity index (χ3n) is 3.80. The maximum Gasteiger partial charge on any atom is 0.0107 e. The van der Waals surface area contributed by atoms with Crippen LogP contribution in [-0.2, 0) is 0 Å². The summed E-state index contributed by atoms with van der Waals surface area (Å²) in [7, 11) is 0. The largest absolute Gasteiger partial charge is 0.314 e. The molecule has 1 rings (SSSR count). The van der Waals surface area contributed by atoms with Crippen LogP contribution in [0, 0.1) is 5.92 Å². The number of rotatable bonds is 8. The molecule has 2 atom stereocenters. The van der Waals surface area contributed by atoms with Gasteiger partial charge in [0.15, 0.2) is 0 Å². The van der Waals surface area contributed by atoms with E-state index in [4.69, 9.17) is 0 Å². The highest BCUT2D eigenvalue weighted by Crippen LogP contribution is 2.26. The summed E-state index contributed by atoms with van der Waals surface area (Å²) in [5.41, 5.74) is 0. The van der Waals surface area contributed by atoms with Gasteiger partial charge < -0.3 is 10.2 Å². The average molecular weight is 226 g/mol. The highest BCUT2D eigenvalue weighted by Gasteiger charge is 2.27. The molecule has 1 N–H and O–H groups in total. The molecule has 0 saturated heterocycles. The van der Waals surface area contributed by atoms with Gasteiger partial charge >= 0.3 is 0 Å². The van der Waals surface area contributed by atoms with Crippen LogP contribution in [0.2, 0.25) is 0 Å². The Kier molecular flexibility index (Phi) is 7.06. The van der Waals surface area contributed by atoms with Crippen LogP contribution in [0.25, 0.3) is 0 Å². The Morgan fingerprint density at radius 2 is 1.94 bits per heavy atom. The van der Waals surface area contributed by atoms with Crippen molar-refractivity contribution in [2.24, 2.45) is 5.92 Å². The molecule has 2 heteroatoms. The maximum absolute atomic E-state index is 3.73. The van der Waals surface area contributed by atoms with Crippen molar-refractivity contribution in [1.29, 1.82) is 0 Å². The van der Waals surface area contributed by atoms with Crippen molar-refractivity contribution in [2.45, 2.75) is 58.9 Å². The quantitative estimate of drug-likeness (QED) is 0.684. The molecule has 2 unspecified atom stereocenters. The zero-order chi connectivity index (χ0) is 11.8. The highest BCUT2D eigenvalue weighted by atomic mass is 15.1. The Hall–Kier alpha value is -0.0800. The van der Waals surface area contributed by atoms with Crippen LogP contribution in [0.1, 0.15) is 52.9 Å². The Bertz CT molecular complexity index is 170. The minimum atomic E-state index is 0.797. The Balaban J connectivity index is 2.32. The smallest absolute Gasteiger partial charge is 0.0107 e. The third-order valence-corrected chi connectivity index (χ3v) is 3.80. The van der Waals surface area contributed by atoms with Crippen molar-refractivity contribution >= 4 is 0 Å². The summed E-state index contributed by atoms with van der Waals surface area (Å²) in [4.78, 5) is 2.62. The van der Waals surface area contributed by atoms with Crippen molar-refractivity contribution in [3.8, 4) is 0 Å². The molecule has 96 valence electrons. The summed E-state index contributed by atoms with van der Waals surface area (Å²) in [5, 5.41) is 3.73. The van der Waals surface area contributed by atoms with E-state index >= 15 is 0 Å². The number of hydrogen-bond acceptors (Lipinski definition) is 2. The second kappa shape index (κ2) is 8.08. The van der Waals surface area contributed by atoms with Crippen LogP contribution in [0.4, 0.5) is 0 Å². The Labute approximate surface area is 102 Å². The SMILES string of the molecule is CCCNC1CCCC1CN(CC)CCC. The first-order valence-electron chi connectivity index (χ1n) is 7.27. The second-order valence-electron chi connectivity index (χ2n) is 5.14. The first-order valence-corrected chi connectivity index (χ1v) is 7.27. The zero-order valence-electron chi connectivity index (χ0n) is 11.5. The van der Waals surface area contributed by atoms with Gasteiger partial charge in [-0.25, -0.2) is 0 Å². The van der Waals surface area contributed by atoms with Gasteiger partial charge in [-0.3, -0.25) is 0 Å². The van der Waals surface area contributed by atoms with Gasteiger partial charge in [0.25, 0.3) is 0 Å². The van der Waals surface area contributed by atoms with Crippen LogP contribution in [0.5, 0.6) is 0 Å². The average Bonchev–Trinajstić information content (AvgIpc) is 2.73. The van der Waals surface area contributed by atoms with E-state index in [2.05, 4.69) is 31.0 Å². The lowest BCUT2D eigenvalue weighted by molar-refractivity contribution is 0.222.